The number of rotatable bonds is 6. The van der Waals surface area contributed by atoms with Crippen LogP contribution < -0.4 is 4.72 Å². The summed E-state index contributed by atoms with van der Waals surface area (Å²) in [6, 6.07) is 11.5. The highest BCUT2D eigenvalue weighted by Crippen LogP contribution is 2.26. The minimum Gasteiger partial charge on any atom is -0.299 e. The summed E-state index contributed by atoms with van der Waals surface area (Å²) < 4.78 is 28.7. The summed E-state index contributed by atoms with van der Waals surface area (Å²) in [5.41, 5.74) is 2.25. The van der Waals surface area contributed by atoms with Crippen molar-refractivity contribution < 1.29 is 8.42 Å². The summed E-state index contributed by atoms with van der Waals surface area (Å²) in [6.07, 6.45) is 3.82. The molecule has 0 spiro atoms. The minimum atomic E-state index is -3.46. The average molecular weight is 429 g/mol. The van der Waals surface area contributed by atoms with E-state index in [0.29, 0.717) is 10.8 Å². The topological polar surface area (TPSA) is 49.4 Å². The summed E-state index contributed by atoms with van der Waals surface area (Å²) in [6.45, 7) is 3.47. The van der Waals surface area contributed by atoms with Crippen LogP contribution in [0.15, 0.2) is 44.4 Å². The van der Waals surface area contributed by atoms with E-state index in [1.165, 1.54) is 36.2 Å². The molecule has 24 heavy (non-hydrogen) atoms. The number of nitrogens with zero attached hydrogens (tertiary/aromatic N) is 1. The molecule has 0 bridgehead atoms. The summed E-state index contributed by atoms with van der Waals surface area (Å²) in [7, 11) is -3.46. The molecule has 1 aromatic carbocycles. The molecule has 4 nitrogen and oxygen atoms in total. The summed E-state index contributed by atoms with van der Waals surface area (Å²) in [4.78, 5) is 2.45. The molecule has 2 heterocycles. The number of sulfonamides is 1. The molecule has 7 heteroatoms. The van der Waals surface area contributed by atoms with Crippen molar-refractivity contribution in [2.24, 2.45) is 0 Å². The molecule has 0 radical (unpaired) electrons. The standard InChI is InChI=1S/C17H21BrN2O2S2/c18-16-8-9-17(23-16)24(21,22)19-12-14-6-2-3-7-15(14)13-20-10-4-1-5-11-20/h2-3,6-9,19H,1,4-5,10-13H2. The monoisotopic (exact) mass is 428 g/mol. The number of piperidine rings is 1. The Morgan fingerprint density at radius 2 is 1.75 bits per heavy atom. The zero-order chi connectivity index (χ0) is 17.0. The van der Waals surface area contributed by atoms with Crippen molar-refractivity contribution >= 4 is 37.3 Å². The Morgan fingerprint density at radius 3 is 2.42 bits per heavy atom. The van der Waals surface area contributed by atoms with Gasteiger partial charge in [-0.05, 0) is 65.1 Å². The van der Waals surface area contributed by atoms with Crippen LogP contribution in [0.5, 0.6) is 0 Å². The number of likely N-dealkylation sites (tertiary alicyclic amines) is 1. The second-order valence-corrected chi connectivity index (χ2v) is 10.4. The van der Waals surface area contributed by atoms with E-state index in [2.05, 4.69) is 31.6 Å². The van der Waals surface area contributed by atoms with E-state index in [1.54, 1.807) is 12.1 Å². The van der Waals surface area contributed by atoms with Crippen molar-refractivity contribution in [1.29, 1.82) is 0 Å². The lowest BCUT2D eigenvalue weighted by molar-refractivity contribution is 0.220. The smallest absolute Gasteiger partial charge is 0.250 e. The molecule has 1 N–H and O–H groups in total. The zero-order valence-corrected chi connectivity index (χ0v) is 16.6. The van der Waals surface area contributed by atoms with Gasteiger partial charge in [0.05, 0.1) is 3.79 Å². The van der Waals surface area contributed by atoms with E-state index in [9.17, 15) is 8.42 Å². The third kappa shape index (κ3) is 4.67. The van der Waals surface area contributed by atoms with Gasteiger partial charge in [0.2, 0.25) is 10.0 Å². The summed E-state index contributed by atoms with van der Waals surface area (Å²) in [5.74, 6) is 0. The molecule has 0 unspecified atom stereocenters. The van der Waals surface area contributed by atoms with Gasteiger partial charge in [-0.15, -0.1) is 11.3 Å². The van der Waals surface area contributed by atoms with Crippen molar-refractivity contribution in [2.45, 2.75) is 36.6 Å². The van der Waals surface area contributed by atoms with E-state index in [1.807, 2.05) is 18.2 Å². The fourth-order valence-corrected chi connectivity index (χ4v) is 5.99. The number of halogens is 1. The molecule has 130 valence electrons. The van der Waals surface area contributed by atoms with Gasteiger partial charge in [0.1, 0.15) is 4.21 Å². The number of benzene rings is 1. The van der Waals surface area contributed by atoms with Crippen LogP contribution >= 0.6 is 27.3 Å². The Balaban J connectivity index is 1.68. The van der Waals surface area contributed by atoms with Crippen LogP contribution in [-0.4, -0.2) is 26.4 Å². The Hall–Kier alpha value is -0.730. The largest absolute Gasteiger partial charge is 0.299 e. The van der Waals surface area contributed by atoms with Crippen molar-refractivity contribution in [3.63, 3.8) is 0 Å². The van der Waals surface area contributed by atoms with Gasteiger partial charge in [-0.25, -0.2) is 13.1 Å². The van der Waals surface area contributed by atoms with Crippen LogP contribution in [0.4, 0.5) is 0 Å². The second kappa shape index (κ2) is 8.10. The number of thiophene rings is 1. The van der Waals surface area contributed by atoms with Crippen LogP contribution in [-0.2, 0) is 23.1 Å². The first-order valence-corrected chi connectivity index (χ1v) is 11.2. The van der Waals surface area contributed by atoms with Gasteiger partial charge in [0.25, 0.3) is 0 Å². The van der Waals surface area contributed by atoms with Gasteiger partial charge in [0.15, 0.2) is 0 Å². The highest BCUT2D eigenvalue weighted by atomic mass is 79.9. The lowest BCUT2D eigenvalue weighted by atomic mass is 10.1. The average Bonchev–Trinajstić information content (AvgIpc) is 3.03. The van der Waals surface area contributed by atoms with Crippen LogP contribution in [0, 0.1) is 0 Å². The first-order chi connectivity index (χ1) is 11.5. The molecule has 1 saturated heterocycles. The van der Waals surface area contributed by atoms with Crippen LogP contribution in [0.25, 0.3) is 0 Å². The highest BCUT2D eigenvalue weighted by molar-refractivity contribution is 9.11. The lowest BCUT2D eigenvalue weighted by Crippen LogP contribution is -2.30. The zero-order valence-electron chi connectivity index (χ0n) is 13.4. The Morgan fingerprint density at radius 1 is 1.04 bits per heavy atom. The normalized spacial score (nSPS) is 16.4. The summed E-state index contributed by atoms with van der Waals surface area (Å²) >= 11 is 4.53. The molecule has 1 aromatic heterocycles. The molecule has 0 atom stereocenters. The van der Waals surface area contributed by atoms with E-state index in [4.69, 9.17) is 0 Å². The SMILES string of the molecule is O=S(=O)(NCc1ccccc1CN1CCCCC1)c1ccc(Br)s1. The molecule has 0 amide bonds. The molecule has 1 aliphatic heterocycles. The maximum absolute atomic E-state index is 12.4. The predicted molar refractivity (Wildman–Crippen MR) is 102 cm³/mol. The number of hydrogen-bond acceptors (Lipinski definition) is 4. The van der Waals surface area contributed by atoms with Crippen molar-refractivity contribution in [1.82, 2.24) is 9.62 Å². The van der Waals surface area contributed by atoms with Crippen molar-refractivity contribution in [3.8, 4) is 0 Å². The van der Waals surface area contributed by atoms with Gasteiger partial charge in [0, 0.05) is 13.1 Å². The van der Waals surface area contributed by atoms with Crippen molar-refractivity contribution in [2.75, 3.05) is 13.1 Å². The molecule has 3 rings (SSSR count). The van der Waals surface area contributed by atoms with Crippen molar-refractivity contribution in [3.05, 3.63) is 51.3 Å². The quantitative estimate of drug-likeness (QED) is 0.756. The molecular formula is C17H21BrN2O2S2. The van der Waals surface area contributed by atoms with Gasteiger partial charge in [-0.1, -0.05) is 30.7 Å². The Labute approximate surface area is 156 Å². The van der Waals surface area contributed by atoms with E-state index in [-0.39, 0.29) is 0 Å². The fourth-order valence-electron chi connectivity index (χ4n) is 2.93. The molecule has 0 aliphatic carbocycles. The predicted octanol–water partition coefficient (Wildman–Crippen LogP) is 3.98. The Kier molecular flexibility index (Phi) is 6.10. The van der Waals surface area contributed by atoms with E-state index >= 15 is 0 Å². The minimum absolute atomic E-state index is 0.321. The third-order valence-corrected chi connectivity index (χ3v) is 7.74. The molecule has 1 aliphatic rings. The van der Waals surface area contributed by atoms with Gasteiger partial charge >= 0.3 is 0 Å². The lowest BCUT2D eigenvalue weighted by Gasteiger charge is -2.27. The van der Waals surface area contributed by atoms with E-state index < -0.39 is 10.0 Å². The fraction of sp³-hybridized carbons (Fsp3) is 0.412. The maximum atomic E-state index is 12.4. The Bertz CT molecular complexity index is 783. The van der Waals surface area contributed by atoms with E-state index in [0.717, 1.165) is 29.0 Å². The number of nitrogens with one attached hydrogen (secondary N) is 1. The third-order valence-electron chi connectivity index (χ3n) is 4.23. The molecular weight excluding hydrogens is 408 g/mol. The van der Waals surface area contributed by atoms with Gasteiger partial charge in [-0.2, -0.15) is 0 Å². The summed E-state index contributed by atoms with van der Waals surface area (Å²) in [5, 5.41) is 0. The first kappa shape index (κ1) is 18.1. The van der Waals surface area contributed by atoms with Crippen LogP contribution in [0.1, 0.15) is 30.4 Å². The van der Waals surface area contributed by atoms with Crippen LogP contribution in [0.2, 0.25) is 0 Å². The highest BCUT2D eigenvalue weighted by Gasteiger charge is 2.17. The van der Waals surface area contributed by atoms with Crippen LogP contribution in [0.3, 0.4) is 0 Å². The molecule has 2 aromatic rings. The molecule has 0 saturated carbocycles. The van der Waals surface area contributed by atoms with Gasteiger partial charge in [-0.3, -0.25) is 4.90 Å². The second-order valence-electron chi connectivity index (χ2n) is 5.99. The first-order valence-electron chi connectivity index (χ1n) is 8.09. The maximum Gasteiger partial charge on any atom is 0.250 e. The molecule has 1 fully saturated rings. The van der Waals surface area contributed by atoms with Gasteiger partial charge < -0.3 is 0 Å². The number of hydrogen-bond donors (Lipinski definition) is 1.